The van der Waals surface area contributed by atoms with Crippen LogP contribution in [-0.4, -0.2) is 28.6 Å². The number of carboxylic acid groups (broad SMARTS) is 1. The van der Waals surface area contributed by atoms with Crippen LogP contribution < -0.4 is 0 Å². The highest BCUT2D eigenvalue weighted by Gasteiger charge is 2.35. The second kappa shape index (κ2) is 5.74. The summed E-state index contributed by atoms with van der Waals surface area (Å²) in [5.74, 6) is -0.323. The predicted octanol–water partition coefficient (Wildman–Crippen LogP) is 3.11. The molecule has 3 nitrogen and oxygen atoms in total. The van der Waals surface area contributed by atoms with Gasteiger partial charge in [0.25, 0.3) is 0 Å². The smallest absolute Gasteiger partial charge is 0.308 e. The molecule has 2 unspecified atom stereocenters. The fourth-order valence-electron chi connectivity index (χ4n) is 2.80. The maximum absolute atomic E-state index is 11.1. The van der Waals surface area contributed by atoms with Crippen molar-refractivity contribution in [1.29, 1.82) is 0 Å². The van der Waals surface area contributed by atoms with Crippen LogP contribution in [0, 0.1) is 5.92 Å². The Balaban J connectivity index is 2.00. The molecule has 2 atom stereocenters. The van der Waals surface area contributed by atoms with E-state index in [-0.39, 0.29) is 12.0 Å². The molecule has 1 aliphatic rings. The van der Waals surface area contributed by atoms with Crippen molar-refractivity contribution in [1.82, 2.24) is 4.90 Å². The van der Waals surface area contributed by atoms with Gasteiger partial charge in [-0.1, -0.05) is 38.1 Å². The summed E-state index contributed by atoms with van der Waals surface area (Å²) >= 11 is 0. The maximum Gasteiger partial charge on any atom is 0.308 e. The summed E-state index contributed by atoms with van der Waals surface area (Å²) in [6, 6.07) is 8.80. The molecule has 0 saturated carbocycles. The number of rotatable bonds is 4. The van der Waals surface area contributed by atoms with Gasteiger partial charge < -0.3 is 5.11 Å². The van der Waals surface area contributed by atoms with Crippen molar-refractivity contribution in [2.45, 2.75) is 45.7 Å². The zero-order valence-electron chi connectivity index (χ0n) is 12.0. The Morgan fingerprint density at radius 1 is 1.37 bits per heavy atom. The van der Waals surface area contributed by atoms with Crippen LogP contribution >= 0.6 is 0 Å². The van der Waals surface area contributed by atoms with Crippen LogP contribution in [-0.2, 0) is 11.3 Å². The molecule has 1 heterocycles. The van der Waals surface area contributed by atoms with Crippen molar-refractivity contribution >= 4 is 5.97 Å². The lowest BCUT2D eigenvalue weighted by Crippen LogP contribution is -2.32. The third-order valence-electron chi connectivity index (χ3n) is 4.23. The minimum atomic E-state index is -0.662. The number of hydrogen-bond acceptors (Lipinski definition) is 2. The lowest BCUT2D eigenvalue weighted by molar-refractivity contribution is -0.142. The van der Waals surface area contributed by atoms with E-state index in [4.69, 9.17) is 5.11 Å². The first-order valence-corrected chi connectivity index (χ1v) is 7.04. The molecular formula is C16H23NO2. The Morgan fingerprint density at radius 3 is 2.47 bits per heavy atom. The molecule has 0 radical (unpaired) electrons. The molecule has 19 heavy (non-hydrogen) atoms. The predicted molar refractivity (Wildman–Crippen MR) is 76.1 cm³/mol. The molecule has 0 bridgehead atoms. The molecule has 3 heteroatoms. The Bertz CT molecular complexity index is 439. The minimum Gasteiger partial charge on any atom is -0.481 e. The summed E-state index contributed by atoms with van der Waals surface area (Å²) < 4.78 is 0. The van der Waals surface area contributed by atoms with E-state index < -0.39 is 5.97 Å². The number of aliphatic carboxylic acids is 1. The SMILES string of the molecule is CC(C)c1ccc(CN2CCC(C(=O)O)C2C)cc1. The summed E-state index contributed by atoms with van der Waals surface area (Å²) in [7, 11) is 0. The molecule has 2 rings (SSSR count). The fourth-order valence-corrected chi connectivity index (χ4v) is 2.80. The number of hydrogen-bond donors (Lipinski definition) is 1. The molecular weight excluding hydrogens is 238 g/mol. The van der Waals surface area contributed by atoms with Crippen molar-refractivity contribution < 1.29 is 9.90 Å². The Hall–Kier alpha value is -1.35. The zero-order chi connectivity index (χ0) is 14.0. The molecule has 1 aromatic rings. The molecule has 0 spiro atoms. The number of carboxylic acids is 1. The van der Waals surface area contributed by atoms with E-state index in [0.717, 1.165) is 19.5 Å². The lowest BCUT2D eigenvalue weighted by atomic mass is 10.0. The van der Waals surface area contributed by atoms with E-state index >= 15 is 0 Å². The highest BCUT2D eigenvalue weighted by molar-refractivity contribution is 5.71. The quantitative estimate of drug-likeness (QED) is 0.905. The lowest BCUT2D eigenvalue weighted by Gasteiger charge is -2.23. The molecule has 0 aliphatic carbocycles. The molecule has 0 aromatic heterocycles. The largest absolute Gasteiger partial charge is 0.481 e. The van der Waals surface area contributed by atoms with Crippen LogP contribution in [0.3, 0.4) is 0 Å². The topological polar surface area (TPSA) is 40.5 Å². The number of likely N-dealkylation sites (tertiary alicyclic amines) is 1. The molecule has 1 saturated heterocycles. The van der Waals surface area contributed by atoms with Gasteiger partial charge in [-0.25, -0.2) is 0 Å². The Kier molecular flexibility index (Phi) is 4.25. The highest BCUT2D eigenvalue weighted by atomic mass is 16.4. The fraction of sp³-hybridized carbons (Fsp3) is 0.562. The standard InChI is InChI=1S/C16H23NO2/c1-11(2)14-6-4-13(5-7-14)10-17-9-8-15(12(17)3)16(18)19/h4-7,11-12,15H,8-10H2,1-3H3,(H,18,19). The van der Waals surface area contributed by atoms with Gasteiger partial charge in [0, 0.05) is 12.6 Å². The first kappa shape index (κ1) is 14.1. The van der Waals surface area contributed by atoms with Gasteiger partial charge in [0.15, 0.2) is 0 Å². The van der Waals surface area contributed by atoms with Gasteiger partial charge in [-0.05, 0) is 36.9 Å². The average molecular weight is 261 g/mol. The van der Waals surface area contributed by atoms with Crippen molar-refractivity contribution in [2.75, 3.05) is 6.54 Å². The Labute approximate surface area is 115 Å². The molecule has 1 N–H and O–H groups in total. The van der Waals surface area contributed by atoms with E-state index in [9.17, 15) is 4.79 Å². The van der Waals surface area contributed by atoms with Gasteiger partial charge in [0.2, 0.25) is 0 Å². The van der Waals surface area contributed by atoms with Gasteiger partial charge >= 0.3 is 5.97 Å². The van der Waals surface area contributed by atoms with E-state index in [2.05, 4.69) is 43.0 Å². The second-order valence-corrected chi connectivity index (χ2v) is 5.84. The molecule has 1 fully saturated rings. The first-order valence-electron chi connectivity index (χ1n) is 7.04. The van der Waals surface area contributed by atoms with Crippen LogP contribution in [0.25, 0.3) is 0 Å². The molecule has 1 aromatic carbocycles. The van der Waals surface area contributed by atoms with Crippen LogP contribution in [0.15, 0.2) is 24.3 Å². The third-order valence-corrected chi connectivity index (χ3v) is 4.23. The monoisotopic (exact) mass is 261 g/mol. The summed E-state index contributed by atoms with van der Waals surface area (Å²) in [5.41, 5.74) is 2.61. The van der Waals surface area contributed by atoms with Gasteiger partial charge in [-0.3, -0.25) is 9.69 Å². The van der Waals surface area contributed by atoms with E-state index in [0.29, 0.717) is 5.92 Å². The van der Waals surface area contributed by atoms with Gasteiger partial charge in [-0.15, -0.1) is 0 Å². The van der Waals surface area contributed by atoms with Crippen molar-refractivity contribution in [3.05, 3.63) is 35.4 Å². The van der Waals surface area contributed by atoms with Crippen LogP contribution in [0.4, 0.5) is 0 Å². The number of benzene rings is 1. The second-order valence-electron chi connectivity index (χ2n) is 5.84. The van der Waals surface area contributed by atoms with Crippen molar-refractivity contribution in [3.8, 4) is 0 Å². The molecule has 0 amide bonds. The molecule has 104 valence electrons. The van der Waals surface area contributed by atoms with Crippen LogP contribution in [0.5, 0.6) is 0 Å². The summed E-state index contributed by atoms with van der Waals surface area (Å²) in [5, 5.41) is 9.14. The van der Waals surface area contributed by atoms with E-state index in [1.54, 1.807) is 0 Å². The molecule has 1 aliphatic heterocycles. The number of carbonyl (C=O) groups is 1. The summed E-state index contributed by atoms with van der Waals surface area (Å²) in [4.78, 5) is 13.4. The van der Waals surface area contributed by atoms with Crippen LogP contribution in [0.2, 0.25) is 0 Å². The third kappa shape index (κ3) is 3.16. The zero-order valence-corrected chi connectivity index (χ0v) is 12.0. The van der Waals surface area contributed by atoms with E-state index in [1.165, 1.54) is 11.1 Å². The first-order chi connectivity index (χ1) is 8.99. The maximum atomic E-state index is 11.1. The van der Waals surface area contributed by atoms with E-state index in [1.807, 2.05) is 6.92 Å². The summed E-state index contributed by atoms with van der Waals surface area (Å²) in [6.45, 7) is 8.13. The van der Waals surface area contributed by atoms with Gasteiger partial charge in [0.1, 0.15) is 0 Å². The normalized spacial score (nSPS) is 24.0. The Morgan fingerprint density at radius 2 is 2.00 bits per heavy atom. The highest BCUT2D eigenvalue weighted by Crippen LogP contribution is 2.26. The van der Waals surface area contributed by atoms with Crippen molar-refractivity contribution in [2.24, 2.45) is 5.92 Å². The minimum absolute atomic E-state index is 0.127. The average Bonchev–Trinajstić information content (AvgIpc) is 2.72. The number of nitrogens with zero attached hydrogens (tertiary/aromatic N) is 1. The van der Waals surface area contributed by atoms with Gasteiger partial charge in [-0.2, -0.15) is 0 Å². The van der Waals surface area contributed by atoms with Crippen LogP contribution in [0.1, 0.15) is 44.2 Å². The van der Waals surface area contributed by atoms with Gasteiger partial charge in [0.05, 0.1) is 5.92 Å². The summed E-state index contributed by atoms with van der Waals surface area (Å²) in [6.07, 6.45) is 0.764. The van der Waals surface area contributed by atoms with Crippen molar-refractivity contribution in [3.63, 3.8) is 0 Å².